The Bertz CT molecular complexity index is 878. The molecule has 2 aromatic carbocycles. The lowest BCUT2D eigenvalue weighted by Gasteiger charge is -2.15. The molecule has 0 atom stereocenters. The summed E-state index contributed by atoms with van der Waals surface area (Å²) in [6, 6.07) is 14.4. The summed E-state index contributed by atoms with van der Waals surface area (Å²) < 4.78 is 5.23. The lowest BCUT2D eigenvalue weighted by atomic mass is 10.1. The summed E-state index contributed by atoms with van der Waals surface area (Å²) in [6.07, 6.45) is 0.217. The number of hydrogen-bond acceptors (Lipinski definition) is 4. The first kappa shape index (κ1) is 17.5. The summed E-state index contributed by atoms with van der Waals surface area (Å²) in [5, 5.41) is 5.15. The number of carbonyl (C=O) groups excluding carboxylic acids is 1. The molecule has 7 heteroatoms. The van der Waals surface area contributed by atoms with Gasteiger partial charge in [-0.2, -0.15) is 4.98 Å². The van der Waals surface area contributed by atoms with Crippen LogP contribution < -0.4 is 0 Å². The normalized spacial score (nSPS) is 10.7. The third-order valence-corrected chi connectivity index (χ3v) is 4.29. The van der Waals surface area contributed by atoms with Gasteiger partial charge in [0.2, 0.25) is 17.6 Å². The molecule has 1 amide bonds. The molecule has 0 unspecified atom stereocenters. The maximum absolute atomic E-state index is 12.3. The Morgan fingerprint density at radius 3 is 2.56 bits per heavy atom. The van der Waals surface area contributed by atoms with Gasteiger partial charge in [-0.15, -0.1) is 0 Å². The number of halogens is 2. The van der Waals surface area contributed by atoms with Gasteiger partial charge in [0, 0.05) is 22.7 Å². The molecule has 3 aromatic rings. The SMILES string of the molecule is CN(Cc1nc(-c2ccc(Cl)cc2)no1)C(=O)Cc1ccccc1Cl. The van der Waals surface area contributed by atoms with Gasteiger partial charge >= 0.3 is 0 Å². The maximum Gasteiger partial charge on any atom is 0.246 e. The largest absolute Gasteiger partial charge is 0.337 e. The molecule has 1 heterocycles. The predicted molar refractivity (Wildman–Crippen MR) is 96.4 cm³/mol. The second kappa shape index (κ2) is 7.68. The number of amides is 1. The zero-order chi connectivity index (χ0) is 17.8. The highest BCUT2D eigenvalue weighted by Gasteiger charge is 2.16. The van der Waals surface area contributed by atoms with E-state index in [0.717, 1.165) is 11.1 Å². The first-order valence-corrected chi connectivity index (χ1v) is 8.34. The Morgan fingerprint density at radius 2 is 1.84 bits per heavy atom. The molecule has 3 rings (SSSR count). The molecule has 128 valence electrons. The number of aromatic nitrogens is 2. The molecular formula is C18H15Cl2N3O2. The molecule has 5 nitrogen and oxygen atoms in total. The Balaban J connectivity index is 1.65. The van der Waals surface area contributed by atoms with Gasteiger partial charge in [-0.05, 0) is 35.9 Å². The number of hydrogen-bond donors (Lipinski definition) is 0. The van der Waals surface area contributed by atoms with Gasteiger partial charge in [0.15, 0.2) is 0 Å². The molecule has 0 fully saturated rings. The van der Waals surface area contributed by atoms with Crippen LogP contribution in [0.25, 0.3) is 11.4 Å². The molecule has 1 aromatic heterocycles. The summed E-state index contributed by atoms with van der Waals surface area (Å²) in [6.45, 7) is 0.226. The summed E-state index contributed by atoms with van der Waals surface area (Å²) in [4.78, 5) is 18.2. The van der Waals surface area contributed by atoms with E-state index < -0.39 is 0 Å². The van der Waals surface area contributed by atoms with Crippen molar-refractivity contribution in [3.05, 3.63) is 70.0 Å². The second-order valence-corrected chi connectivity index (χ2v) is 6.38. The summed E-state index contributed by atoms with van der Waals surface area (Å²) in [7, 11) is 1.69. The number of likely N-dealkylation sites (N-methyl/N-ethyl adjacent to an activating group) is 1. The smallest absolute Gasteiger partial charge is 0.246 e. The fourth-order valence-corrected chi connectivity index (χ4v) is 2.59. The number of rotatable bonds is 5. The summed E-state index contributed by atoms with van der Waals surface area (Å²) >= 11 is 12.0. The fraction of sp³-hybridized carbons (Fsp3) is 0.167. The van der Waals surface area contributed by atoms with E-state index >= 15 is 0 Å². The average molecular weight is 376 g/mol. The Morgan fingerprint density at radius 1 is 1.12 bits per heavy atom. The van der Waals surface area contributed by atoms with Crippen molar-refractivity contribution in [1.29, 1.82) is 0 Å². The molecule has 0 saturated heterocycles. The predicted octanol–water partition coefficient (Wildman–Crippen LogP) is 4.24. The van der Waals surface area contributed by atoms with Crippen LogP contribution in [0.15, 0.2) is 53.1 Å². The van der Waals surface area contributed by atoms with Crippen molar-refractivity contribution >= 4 is 29.1 Å². The monoisotopic (exact) mass is 375 g/mol. The number of nitrogens with zero attached hydrogens (tertiary/aromatic N) is 3. The van der Waals surface area contributed by atoms with Crippen molar-refractivity contribution < 1.29 is 9.32 Å². The minimum Gasteiger partial charge on any atom is -0.337 e. The number of carbonyl (C=O) groups is 1. The van der Waals surface area contributed by atoms with E-state index in [-0.39, 0.29) is 18.9 Å². The van der Waals surface area contributed by atoms with Crippen LogP contribution >= 0.6 is 23.2 Å². The van der Waals surface area contributed by atoms with Crippen LogP contribution in [0, 0.1) is 0 Å². The van der Waals surface area contributed by atoms with Gasteiger partial charge in [0.05, 0.1) is 13.0 Å². The standard InChI is InChI=1S/C18H15Cl2N3O2/c1-23(17(24)10-13-4-2-3-5-15(13)20)11-16-21-18(22-25-16)12-6-8-14(19)9-7-12/h2-9H,10-11H2,1H3. The van der Waals surface area contributed by atoms with Crippen LogP contribution in [0.1, 0.15) is 11.5 Å². The topological polar surface area (TPSA) is 59.2 Å². The molecule has 25 heavy (non-hydrogen) atoms. The van der Waals surface area contributed by atoms with Gasteiger partial charge < -0.3 is 9.42 Å². The van der Waals surface area contributed by atoms with Crippen LogP contribution in [0.5, 0.6) is 0 Å². The zero-order valence-corrected chi connectivity index (χ0v) is 15.0. The van der Waals surface area contributed by atoms with Crippen molar-refractivity contribution in [2.24, 2.45) is 0 Å². The molecular weight excluding hydrogens is 361 g/mol. The molecule has 0 saturated carbocycles. The first-order chi connectivity index (χ1) is 12.0. The van der Waals surface area contributed by atoms with Crippen LogP contribution in [0.4, 0.5) is 0 Å². The molecule has 0 aliphatic carbocycles. The molecule has 0 bridgehead atoms. The maximum atomic E-state index is 12.3. The lowest BCUT2D eigenvalue weighted by Crippen LogP contribution is -2.27. The third-order valence-electron chi connectivity index (χ3n) is 3.67. The average Bonchev–Trinajstić information content (AvgIpc) is 3.06. The van der Waals surface area contributed by atoms with E-state index in [1.165, 1.54) is 4.90 Å². The van der Waals surface area contributed by atoms with Crippen molar-refractivity contribution in [2.45, 2.75) is 13.0 Å². The summed E-state index contributed by atoms with van der Waals surface area (Å²) in [5.74, 6) is 0.734. The second-order valence-electron chi connectivity index (χ2n) is 5.54. The van der Waals surface area contributed by atoms with E-state index in [1.54, 1.807) is 25.2 Å². The minimum atomic E-state index is -0.0839. The van der Waals surface area contributed by atoms with Crippen LogP contribution in [0.3, 0.4) is 0 Å². The van der Waals surface area contributed by atoms with Crippen molar-refractivity contribution in [3.8, 4) is 11.4 Å². The van der Waals surface area contributed by atoms with Crippen molar-refractivity contribution in [3.63, 3.8) is 0 Å². The zero-order valence-electron chi connectivity index (χ0n) is 13.4. The van der Waals surface area contributed by atoms with E-state index in [0.29, 0.717) is 21.8 Å². The number of benzene rings is 2. The molecule has 0 spiro atoms. The highest BCUT2D eigenvalue weighted by atomic mass is 35.5. The molecule has 0 radical (unpaired) electrons. The van der Waals surface area contributed by atoms with Crippen LogP contribution in [-0.2, 0) is 17.8 Å². The Hall–Kier alpha value is -2.37. The van der Waals surface area contributed by atoms with E-state index in [2.05, 4.69) is 10.1 Å². The summed E-state index contributed by atoms with van der Waals surface area (Å²) in [5.41, 5.74) is 1.58. The van der Waals surface area contributed by atoms with Crippen molar-refractivity contribution in [1.82, 2.24) is 15.0 Å². The highest BCUT2D eigenvalue weighted by molar-refractivity contribution is 6.31. The van der Waals surface area contributed by atoms with E-state index in [9.17, 15) is 4.79 Å². The van der Waals surface area contributed by atoms with Crippen molar-refractivity contribution in [2.75, 3.05) is 7.05 Å². The minimum absolute atomic E-state index is 0.0839. The van der Waals surface area contributed by atoms with Gasteiger partial charge in [0.1, 0.15) is 0 Å². The molecule has 0 aliphatic rings. The third kappa shape index (κ3) is 4.38. The van der Waals surface area contributed by atoms with E-state index in [1.807, 2.05) is 30.3 Å². The Labute approximate surface area is 155 Å². The van der Waals surface area contributed by atoms with Gasteiger partial charge in [-0.25, -0.2) is 0 Å². The first-order valence-electron chi connectivity index (χ1n) is 7.59. The van der Waals surface area contributed by atoms with Gasteiger partial charge in [-0.1, -0.05) is 46.6 Å². The van der Waals surface area contributed by atoms with Gasteiger partial charge in [-0.3, -0.25) is 4.79 Å². The Kier molecular flexibility index (Phi) is 5.36. The molecule has 0 aliphatic heterocycles. The van der Waals surface area contributed by atoms with Crippen LogP contribution in [-0.4, -0.2) is 28.0 Å². The lowest BCUT2D eigenvalue weighted by molar-refractivity contribution is -0.130. The van der Waals surface area contributed by atoms with Crippen LogP contribution in [0.2, 0.25) is 10.0 Å². The van der Waals surface area contributed by atoms with E-state index in [4.69, 9.17) is 27.7 Å². The molecule has 0 N–H and O–H groups in total. The highest BCUT2D eigenvalue weighted by Crippen LogP contribution is 2.19. The quantitative estimate of drug-likeness (QED) is 0.668. The fourth-order valence-electron chi connectivity index (χ4n) is 2.27. The van der Waals surface area contributed by atoms with Gasteiger partial charge in [0.25, 0.3) is 0 Å².